The summed E-state index contributed by atoms with van der Waals surface area (Å²) in [6, 6.07) is 0.709. The molecule has 0 fully saturated rings. The van der Waals surface area contributed by atoms with Crippen LogP contribution in [0.25, 0.3) is 0 Å². The average Bonchev–Trinajstić information content (AvgIpc) is 2.02. The summed E-state index contributed by atoms with van der Waals surface area (Å²) in [5.41, 5.74) is 11.2. The summed E-state index contributed by atoms with van der Waals surface area (Å²) < 4.78 is 0. The van der Waals surface area contributed by atoms with Crippen LogP contribution < -0.4 is 11.5 Å². The minimum Gasteiger partial charge on any atom is -0.328 e. The van der Waals surface area contributed by atoms with Crippen LogP contribution in [-0.4, -0.2) is 12.1 Å². The lowest BCUT2D eigenvalue weighted by molar-refractivity contribution is 0.546. The van der Waals surface area contributed by atoms with E-state index in [1.54, 1.807) is 0 Å². The molecule has 0 aromatic rings. The van der Waals surface area contributed by atoms with Gasteiger partial charge in [0.25, 0.3) is 0 Å². The van der Waals surface area contributed by atoms with Crippen molar-refractivity contribution in [3.05, 3.63) is 0 Å². The van der Waals surface area contributed by atoms with Crippen molar-refractivity contribution < 1.29 is 0 Å². The standard InChI is InChI=1S/C8H20N2.C2H6.3CH4/c1-7(9)5-3-4-6-8(2)10;1-2;;;/h7-8H,3-6,9-10H2,1-2H3;1-2H3;3*1H4. The van der Waals surface area contributed by atoms with Crippen molar-refractivity contribution in [3.8, 4) is 0 Å². The van der Waals surface area contributed by atoms with Crippen molar-refractivity contribution in [2.75, 3.05) is 0 Å². The quantitative estimate of drug-likeness (QED) is 0.686. The molecular weight excluding hydrogens is 184 g/mol. The third-order valence-corrected chi connectivity index (χ3v) is 1.57. The van der Waals surface area contributed by atoms with Gasteiger partial charge in [0.1, 0.15) is 0 Å². The Hall–Kier alpha value is -0.0800. The molecule has 0 aliphatic rings. The minimum absolute atomic E-state index is 0. The number of unbranched alkanes of at least 4 members (excludes halogenated alkanes) is 1. The lowest BCUT2D eigenvalue weighted by Gasteiger charge is -2.05. The minimum atomic E-state index is 0. The number of hydrogen-bond acceptors (Lipinski definition) is 2. The molecule has 2 heteroatoms. The average molecular weight is 222 g/mol. The van der Waals surface area contributed by atoms with Gasteiger partial charge in [-0.05, 0) is 26.7 Å². The molecule has 0 amide bonds. The molecule has 0 spiro atoms. The Morgan fingerprint density at radius 2 is 0.933 bits per heavy atom. The molecule has 15 heavy (non-hydrogen) atoms. The molecule has 0 saturated carbocycles. The maximum absolute atomic E-state index is 5.58. The molecule has 0 aliphatic carbocycles. The van der Waals surface area contributed by atoms with Crippen LogP contribution in [0.2, 0.25) is 0 Å². The van der Waals surface area contributed by atoms with Gasteiger partial charge in [-0.15, -0.1) is 0 Å². The van der Waals surface area contributed by atoms with Gasteiger partial charge in [0.2, 0.25) is 0 Å². The second-order valence-corrected chi connectivity index (χ2v) is 3.24. The van der Waals surface area contributed by atoms with E-state index < -0.39 is 0 Å². The summed E-state index contributed by atoms with van der Waals surface area (Å²) in [5, 5.41) is 0. The number of rotatable bonds is 5. The normalized spacial score (nSPS) is 11.6. The summed E-state index contributed by atoms with van der Waals surface area (Å²) >= 11 is 0. The van der Waals surface area contributed by atoms with Crippen LogP contribution >= 0.6 is 0 Å². The fourth-order valence-corrected chi connectivity index (χ4v) is 0.933. The maximum Gasteiger partial charge on any atom is 0.00104 e. The second kappa shape index (κ2) is 23.6. The van der Waals surface area contributed by atoms with Gasteiger partial charge >= 0.3 is 0 Å². The molecule has 4 N–H and O–H groups in total. The van der Waals surface area contributed by atoms with Crippen molar-refractivity contribution in [3.63, 3.8) is 0 Å². The first-order chi connectivity index (χ1) is 5.63. The molecule has 2 unspecified atom stereocenters. The largest absolute Gasteiger partial charge is 0.328 e. The summed E-state index contributed by atoms with van der Waals surface area (Å²) in [6.45, 7) is 8.09. The first-order valence-electron chi connectivity index (χ1n) is 5.14. The molecule has 100 valence electrons. The fraction of sp³-hybridized carbons (Fsp3) is 1.00. The van der Waals surface area contributed by atoms with Crippen molar-refractivity contribution >= 4 is 0 Å². The number of nitrogens with two attached hydrogens (primary N) is 2. The monoisotopic (exact) mass is 222 g/mol. The molecule has 0 heterocycles. The molecule has 0 aromatic heterocycles. The highest BCUT2D eigenvalue weighted by atomic mass is 14.6. The number of hydrogen-bond donors (Lipinski definition) is 2. The smallest absolute Gasteiger partial charge is 0.00104 e. The van der Waals surface area contributed by atoms with Gasteiger partial charge in [0, 0.05) is 12.1 Å². The highest BCUT2D eigenvalue weighted by molar-refractivity contribution is 4.56. The van der Waals surface area contributed by atoms with E-state index in [-0.39, 0.29) is 22.3 Å². The summed E-state index contributed by atoms with van der Waals surface area (Å²) in [4.78, 5) is 0. The third-order valence-electron chi connectivity index (χ3n) is 1.57. The van der Waals surface area contributed by atoms with Crippen LogP contribution in [-0.2, 0) is 0 Å². The highest BCUT2D eigenvalue weighted by Crippen LogP contribution is 2.02. The summed E-state index contributed by atoms with van der Waals surface area (Å²) in [6.07, 6.45) is 4.71. The van der Waals surface area contributed by atoms with Crippen molar-refractivity contribution in [1.82, 2.24) is 0 Å². The van der Waals surface area contributed by atoms with Crippen LogP contribution in [0.3, 0.4) is 0 Å². The SMILES string of the molecule is C.C.C.CC.CC(N)CCCCC(C)N. The Labute approximate surface area is 99.8 Å². The predicted molar refractivity (Wildman–Crippen MR) is 77.3 cm³/mol. The topological polar surface area (TPSA) is 52.0 Å². The molecule has 0 bridgehead atoms. The predicted octanol–water partition coefficient (Wildman–Crippen LogP) is 4.18. The fourth-order valence-electron chi connectivity index (χ4n) is 0.933. The van der Waals surface area contributed by atoms with Gasteiger partial charge < -0.3 is 11.5 Å². The molecule has 0 rings (SSSR count). The van der Waals surface area contributed by atoms with E-state index in [1.807, 2.05) is 27.7 Å². The van der Waals surface area contributed by atoms with E-state index in [0.717, 1.165) is 12.8 Å². The van der Waals surface area contributed by atoms with Gasteiger partial charge in [-0.3, -0.25) is 0 Å². The van der Waals surface area contributed by atoms with E-state index in [9.17, 15) is 0 Å². The molecule has 0 aromatic carbocycles. The molecule has 0 saturated heterocycles. The van der Waals surface area contributed by atoms with Crippen LogP contribution in [0, 0.1) is 0 Å². The van der Waals surface area contributed by atoms with Crippen molar-refractivity contribution in [2.24, 2.45) is 11.5 Å². The zero-order valence-corrected chi connectivity index (χ0v) is 9.14. The zero-order chi connectivity index (χ0) is 9.98. The van der Waals surface area contributed by atoms with E-state index in [4.69, 9.17) is 11.5 Å². The second-order valence-electron chi connectivity index (χ2n) is 3.24. The summed E-state index contributed by atoms with van der Waals surface area (Å²) in [7, 11) is 0. The zero-order valence-electron chi connectivity index (χ0n) is 9.14. The van der Waals surface area contributed by atoms with E-state index >= 15 is 0 Å². The Balaban J connectivity index is -0.0000000626. The Morgan fingerprint density at radius 1 is 0.733 bits per heavy atom. The van der Waals surface area contributed by atoms with Gasteiger partial charge in [-0.2, -0.15) is 0 Å². The first-order valence-corrected chi connectivity index (χ1v) is 5.14. The lowest BCUT2D eigenvalue weighted by atomic mass is 10.1. The molecule has 2 nitrogen and oxygen atoms in total. The van der Waals surface area contributed by atoms with E-state index in [0.29, 0.717) is 12.1 Å². The van der Waals surface area contributed by atoms with E-state index in [2.05, 4.69) is 0 Å². The van der Waals surface area contributed by atoms with Crippen LogP contribution in [0.4, 0.5) is 0 Å². The molecule has 2 atom stereocenters. The van der Waals surface area contributed by atoms with Crippen molar-refractivity contribution in [2.45, 2.75) is 87.7 Å². The van der Waals surface area contributed by atoms with Crippen LogP contribution in [0.15, 0.2) is 0 Å². The van der Waals surface area contributed by atoms with Gasteiger partial charge in [0.05, 0.1) is 0 Å². The molecule has 0 aliphatic heterocycles. The Bertz CT molecular complexity index is 60.9. The Morgan fingerprint density at radius 3 is 1.07 bits per heavy atom. The van der Waals surface area contributed by atoms with Gasteiger partial charge in [0.15, 0.2) is 0 Å². The maximum atomic E-state index is 5.58. The Kier molecular flexibility index (Phi) is 46.2. The van der Waals surface area contributed by atoms with Gasteiger partial charge in [-0.1, -0.05) is 49.0 Å². The molecular formula is C13H38N2. The third kappa shape index (κ3) is 41.3. The summed E-state index contributed by atoms with van der Waals surface area (Å²) in [5.74, 6) is 0. The lowest BCUT2D eigenvalue weighted by Crippen LogP contribution is -2.16. The van der Waals surface area contributed by atoms with Crippen LogP contribution in [0.1, 0.15) is 75.7 Å². The van der Waals surface area contributed by atoms with Crippen LogP contribution in [0.5, 0.6) is 0 Å². The van der Waals surface area contributed by atoms with Gasteiger partial charge in [-0.25, -0.2) is 0 Å². The first kappa shape index (κ1) is 29.4. The van der Waals surface area contributed by atoms with E-state index in [1.165, 1.54) is 12.8 Å². The van der Waals surface area contributed by atoms with Crippen molar-refractivity contribution in [1.29, 1.82) is 0 Å². The molecule has 0 radical (unpaired) electrons. The highest BCUT2D eigenvalue weighted by Gasteiger charge is 1.96.